The number of carbonyl (C=O) groups is 1. The van der Waals surface area contributed by atoms with Crippen molar-refractivity contribution in [3.8, 4) is 0 Å². The van der Waals surface area contributed by atoms with Gasteiger partial charge in [0, 0.05) is 16.8 Å². The topological polar surface area (TPSA) is 30.0 Å². The summed E-state index contributed by atoms with van der Waals surface area (Å²) in [5, 5.41) is 0. The van der Waals surface area contributed by atoms with Crippen molar-refractivity contribution in [1.29, 1.82) is 0 Å². The number of aromatic nitrogens is 1. The van der Waals surface area contributed by atoms with Gasteiger partial charge in [-0.1, -0.05) is 24.3 Å². The molecule has 1 aliphatic rings. The summed E-state index contributed by atoms with van der Waals surface area (Å²) in [5.74, 6) is 0.0516. The fourth-order valence-corrected chi connectivity index (χ4v) is 2.32. The molecular formula is C16H13NO. The third kappa shape index (κ3) is 1.58. The van der Waals surface area contributed by atoms with Crippen LogP contribution in [0.15, 0.2) is 42.5 Å². The molecule has 0 spiro atoms. The van der Waals surface area contributed by atoms with E-state index in [1.54, 1.807) is 6.08 Å². The van der Waals surface area contributed by atoms with Crippen LogP contribution in [0.4, 0.5) is 0 Å². The average molecular weight is 235 g/mol. The Balaban J connectivity index is 2.23. The summed E-state index contributed by atoms with van der Waals surface area (Å²) in [4.78, 5) is 16.5. The van der Waals surface area contributed by atoms with E-state index in [2.05, 4.69) is 18.0 Å². The van der Waals surface area contributed by atoms with Crippen molar-refractivity contribution in [1.82, 2.24) is 4.98 Å². The Bertz CT molecular complexity index is 683. The molecule has 0 saturated heterocycles. The largest absolute Gasteiger partial charge is 0.289 e. The number of carbonyl (C=O) groups excluding carboxylic acids is 1. The van der Waals surface area contributed by atoms with Crippen LogP contribution in [0.1, 0.15) is 32.9 Å². The van der Waals surface area contributed by atoms with E-state index in [1.807, 2.05) is 37.3 Å². The quantitative estimate of drug-likeness (QED) is 0.759. The third-order valence-electron chi connectivity index (χ3n) is 3.27. The molecule has 1 aromatic heterocycles. The maximum Gasteiger partial charge on any atom is 0.188 e. The van der Waals surface area contributed by atoms with Gasteiger partial charge in [-0.3, -0.25) is 9.78 Å². The zero-order chi connectivity index (χ0) is 12.7. The van der Waals surface area contributed by atoms with Crippen molar-refractivity contribution in [2.24, 2.45) is 0 Å². The molecule has 1 aromatic carbocycles. The van der Waals surface area contributed by atoms with Gasteiger partial charge in [-0.05, 0) is 43.2 Å². The minimum absolute atomic E-state index is 0.0516. The van der Waals surface area contributed by atoms with E-state index in [-0.39, 0.29) is 5.78 Å². The maximum atomic E-state index is 12.0. The molecule has 0 N–H and O–H groups in total. The van der Waals surface area contributed by atoms with Crippen LogP contribution in [-0.2, 0) is 0 Å². The number of aryl methyl sites for hydroxylation is 2. The van der Waals surface area contributed by atoms with Gasteiger partial charge in [-0.25, -0.2) is 0 Å². The second kappa shape index (κ2) is 3.91. The number of nitrogens with zero attached hydrogens (tertiary/aromatic N) is 1. The number of fused-ring (bicyclic) bond motifs is 1. The first-order valence-electron chi connectivity index (χ1n) is 5.97. The van der Waals surface area contributed by atoms with E-state index in [1.165, 1.54) is 0 Å². The SMILES string of the molecule is Cc1ccc2c(n1)C(c1ccccc1C)=CC2=O. The molecule has 0 bridgehead atoms. The van der Waals surface area contributed by atoms with Crippen LogP contribution < -0.4 is 0 Å². The number of rotatable bonds is 1. The molecule has 18 heavy (non-hydrogen) atoms. The number of hydrogen-bond donors (Lipinski definition) is 0. The van der Waals surface area contributed by atoms with Crippen LogP contribution in [0.25, 0.3) is 5.57 Å². The molecule has 0 atom stereocenters. The molecule has 2 aromatic rings. The second-order valence-corrected chi connectivity index (χ2v) is 4.59. The molecule has 3 rings (SSSR count). The molecule has 0 radical (unpaired) electrons. The van der Waals surface area contributed by atoms with Gasteiger partial charge in [0.15, 0.2) is 5.78 Å². The van der Waals surface area contributed by atoms with E-state index in [0.717, 1.165) is 28.1 Å². The minimum atomic E-state index is 0.0516. The molecule has 0 aliphatic heterocycles. The Morgan fingerprint density at radius 3 is 2.50 bits per heavy atom. The molecule has 0 amide bonds. The van der Waals surface area contributed by atoms with E-state index in [0.29, 0.717) is 5.56 Å². The predicted octanol–water partition coefficient (Wildman–Crippen LogP) is 3.33. The molecule has 2 nitrogen and oxygen atoms in total. The zero-order valence-corrected chi connectivity index (χ0v) is 10.4. The van der Waals surface area contributed by atoms with Crippen molar-refractivity contribution in [3.63, 3.8) is 0 Å². The summed E-state index contributed by atoms with van der Waals surface area (Å²) >= 11 is 0. The van der Waals surface area contributed by atoms with E-state index >= 15 is 0 Å². The predicted molar refractivity (Wildman–Crippen MR) is 71.6 cm³/mol. The zero-order valence-electron chi connectivity index (χ0n) is 10.4. The van der Waals surface area contributed by atoms with Gasteiger partial charge >= 0.3 is 0 Å². The van der Waals surface area contributed by atoms with Crippen molar-refractivity contribution >= 4 is 11.4 Å². The summed E-state index contributed by atoms with van der Waals surface area (Å²) in [6, 6.07) is 11.8. The first-order valence-corrected chi connectivity index (χ1v) is 5.97. The number of allylic oxidation sites excluding steroid dienone is 1. The van der Waals surface area contributed by atoms with Gasteiger partial charge in [0.05, 0.1) is 5.69 Å². The first kappa shape index (κ1) is 10.9. The Hall–Kier alpha value is -2.22. The fraction of sp³-hybridized carbons (Fsp3) is 0.125. The summed E-state index contributed by atoms with van der Waals surface area (Å²) in [6.07, 6.45) is 1.69. The summed E-state index contributed by atoms with van der Waals surface area (Å²) in [6.45, 7) is 3.99. The Kier molecular flexibility index (Phi) is 2.37. The van der Waals surface area contributed by atoms with Gasteiger partial charge in [0.1, 0.15) is 0 Å². The molecule has 0 unspecified atom stereocenters. The number of hydrogen-bond acceptors (Lipinski definition) is 2. The standard InChI is InChI=1S/C16H13NO/c1-10-5-3-4-6-12(10)14-9-15(18)13-8-7-11(2)17-16(13)14/h3-9H,1-2H3. The third-order valence-corrected chi connectivity index (χ3v) is 3.27. The van der Waals surface area contributed by atoms with Gasteiger partial charge < -0.3 is 0 Å². The maximum absolute atomic E-state index is 12.0. The first-order chi connectivity index (χ1) is 8.66. The molecule has 0 fully saturated rings. The van der Waals surface area contributed by atoms with Gasteiger partial charge in [0.2, 0.25) is 0 Å². The lowest BCUT2D eigenvalue weighted by atomic mass is 9.99. The molecule has 1 heterocycles. The van der Waals surface area contributed by atoms with Crippen molar-refractivity contribution < 1.29 is 4.79 Å². The highest BCUT2D eigenvalue weighted by molar-refractivity contribution is 6.18. The fourth-order valence-electron chi connectivity index (χ4n) is 2.32. The van der Waals surface area contributed by atoms with Crippen LogP contribution in [0.2, 0.25) is 0 Å². The summed E-state index contributed by atoms with van der Waals surface area (Å²) < 4.78 is 0. The lowest BCUT2D eigenvalue weighted by molar-refractivity contribution is 0.105. The molecule has 2 heteroatoms. The van der Waals surface area contributed by atoms with Crippen LogP contribution in [-0.4, -0.2) is 10.8 Å². The van der Waals surface area contributed by atoms with E-state index < -0.39 is 0 Å². The number of pyridine rings is 1. The summed E-state index contributed by atoms with van der Waals surface area (Å²) in [5.41, 5.74) is 5.64. The molecule has 0 saturated carbocycles. The molecule has 88 valence electrons. The normalized spacial score (nSPS) is 13.4. The van der Waals surface area contributed by atoms with E-state index in [9.17, 15) is 4.79 Å². The Morgan fingerprint density at radius 2 is 1.72 bits per heavy atom. The summed E-state index contributed by atoms with van der Waals surface area (Å²) in [7, 11) is 0. The van der Waals surface area contributed by atoms with Crippen LogP contribution in [0, 0.1) is 13.8 Å². The van der Waals surface area contributed by atoms with Crippen LogP contribution in [0.5, 0.6) is 0 Å². The van der Waals surface area contributed by atoms with Gasteiger partial charge in [0.25, 0.3) is 0 Å². The second-order valence-electron chi connectivity index (χ2n) is 4.59. The Morgan fingerprint density at radius 1 is 0.944 bits per heavy atom. The van der Waals surface area contributed by atoms with Crippen LogP contribution in [0.3, 0.4) is 0 Å². The number of ketones is 1. The highest BCUT2D eigenvalue weighted by Gasteiger charge is 2.24. The molecule has 1 aliphatic carbocycles. The monoisotopic (exact) mass is 235 g/mol. The number of benzene rings is 1. The smallest absolute Gasteiger partial charge is 0.188 e. The Labute approximate surface area is 106 Å². The van der Waals surface area contributed by atoms with Crippen molar-refractivity contribution in [2.45, 2.75) is 13.8 Å². The highest BCUT2D eigenvalue weighted by atomic mass is 16.1. The van der Waals surface area contributed by atoms with Gasteiger partial charge in [-0.15, -0.1) is 0 Å². The van der Waals surface area contributed by atoms with Crippen LogP contribution >= 0.6 is 0 Å². The highest BCUT2D eigenvalue weighted by Crippen LogP contribution is 2.32. The van der Waals surface area contributed by atoms with E-state index in [4.69, 9.17) is 0 Å². The van der Waals surface area contributed by atoms with Crippen molar-refractivity contribution in [3.05, 3.63) is 70.6 Å². The lowest BCUT2D eigenvalue weighted by Gasteiger charge is -2.08. The lowest BCUT2D eigenvalue weighted by Crippen LogP contribution is -1.97. The van der Waals surface area contributed by atoms with Gasteiger partial charge in [-0.2, -0.15) is 0 Å². The van der Waals surface area contributed by atoms with Crippen molar-refractivity contribution in [2.75, 3.05) is 0 Å². The average Bonchev–Trinajstić information content (AvgIpc) is 2.67. The minimum Gasteiger partial charge on any atom is -0.289 e. The molecular weight excluding hydrogens is 222 g/mol.